The second kappa shape index (κ2) is 9.36. The zero-order valence-electron chi connectivity index (χ0n) is 15.2. The minimum Gasteiger partial charge on any atom is -0.484 e. The second-order valence-electron chi connectivity index (χ2n) is 6.28. The molecule has 0 unspecified atom stereocenters. The first-order valence-electron chi connectivity index (χ1n) is 8.83. The number of hydrogen-bond donors (Lipinski definition) is 0. The number of nitrogens with zero attached hydrogens (tertiary/aromatic N) is 2. The van der Waals surface area contributed by atoms with Crippen molar-refractivity contribution in [1.82, 2.24) is 9.21 Å². The second-order valence-corrected chi connectivity index (χ2v) is 9.01. The Bertz CT molecular complexity index is 922. The molecule has 0 spiro atoms. The van der Waals surface area contributed by atoms with Crippen molar-refractivity contribution in [3.63, 3.8) is 0 Å². The van der Waals surface area contributed by atoms with E-state index in [1.165, 1.54) is 9.71 Å². The highest BCUT2D eigenvalue weighted by Gasteiger charge is 2.27. The van der Waals surface area contributed by atoms with Crippen LogP contribution < -0.4 is 4.74 Å². The lowest BCUT2D eigenvalue weighted by Gasteiger charge is -2.33. The first kappa shape index (κ1) is 20.6. The molecule has 0 N–H and O–H groups in total. The minimum atomic E-state index is -3.51. The summed E-state index contributed by atoms with van der Waals surface area (Å²) in [6, 6.07) is 16.5. The molecule has 1 amide bonds. The van der Waals surface area contributed by atoms with E-state index >= 15 is 0 Å². The van der Waals surface area contributed by atoms with Gasteiger partial charge in [-0.15, -0.1) is 0 Å². The number of carbonyl (C=O) groups is 1. The molecule has 8 heteroatoms. The van der Waals surface area contributed by atoms with Crippen molar-refractivity contribution in [3.05, 3.63) is 70.0 Å². The molecule has 1 fully saturated rings. The number of amides is 1. The topological polar surface area (TPSA) is 66.9 Å². The summed E-state index contributed by atoms with van der Waals surface area (Å²) in [5.74, 6) is 0.462. The van der Waals surface area contributed by atoms with Gasteiger partial charge in [0.25, 0.3) is 5.91 Å². The molecule has 148 valence electrons. The van der Waals surface area contributed by atoms with Crippen LogP contribution in [-0.4, -0.2) is 56.3 Å². The first-order valence-corrected chi connectivity index (χ1v) is 11.1. The lowest BCUT2D eigenvalue weighted by molar-refractivity contribution is -0.134. The van der Waals surface area contributed by atoms with Crippen LogP contribution in [-0.2, 0) is 14.8 Å². The quantitative estimate of drug-likeness (QED) is 0.658. The Balaban J connectivity index is 1.49. The Morgan fingerprint density at radius 3 is 2.29 bits per heavy atom. The van der Waals surface area contributed by atoms with E-state index in [0.717, 1.165) is 10.0 Å². The van der Waals surface area contributed by atoms with E-state index in [1.807, 2.05) is 42.5 Å². The van der Waals surface area contributed by atoms with Gasteiger partial charge in [-0.25, -0.2) is 8.42 Å². The van der Waals surface area contributed by atoms with Gasteiger partial charge in [0.15, 0.2) is 6.61 Å². The maximum absolute atomic E-state index is 12.5. The molecule has 0 saturated carbocycles. The number of benzene rings is 2. The van der Waals surface area contributed by atoms with E-state index in [9.17, 15) is 13.2 Å². The van der Waals surface area contributed by atoms with Gasteiger partial charge in [-0.3, -0.25) is 4.79 Å². The molecule has 0 atom stereocenters. The van der Waals surface area contributed by atoms with Gasteiger partial charge in [-0.2, -0.15) is 4.31 Å². The monoisotopic (exact) mass is 464 g/mol. The van der Waals surface area contributed by atoms with Crippen LogP contribution >= 0.6 is 15.9 Å². The summed E-state index contributed by atoms with van der Waals surface area (Å²) in [5, 5.41) is 1.22. The number of halogens is 1. The van der Waals surface area contributed by atoms with Crippen molar-refractivity contribution in [2.24, 2.45) is 0 Å². The fourth-order valence-electron chi connectivity index (χ4n) is 2.77. The molecule has 1 aliphatic heterocycles. The summed E-state index contributed by atoms with van der Waals surface area (Å²) in [6.07, 6.45) is 1.58. The molecule has 0 bridgehead atoms. The molecule has 0 aliphatic carbocycles. The molecule has 0 aromatic heterocycles. The number of rotatable bonds is 6. The minimum absolute atomic E-state index is 0.0672. The van der Waals surface area contributed by atoms with Crippen LogP contribution in [0.2, 0.25) is 0 Å². The largest absolute Gasteiger partial charge is 0.484 e. The van der Waals surface area contributed by atoms with E-state index in [0.29, 0.717) is 18.8 Å². The normalized spacial score (nSPS) is 15.7. The number of piperazine rings is 1. The molecule has 6 nitrogen and oxygen atoms in total. The summed E-state index contributed by atoms with van der Waals surface area (Å²) >= 11 is 3.34. The lowest BCUT2D eigenvalue weighted by atomic mass is 10.2. The van der Waals surface area contributed by atoms with E-state index in [1.54, 1.807) is 23.1 Å². The number of ether oxygens (including phenoxy) is 1. The fraction of sp³-hybridized carbons (Fsp3) is 0.250. The highest BCUT2D eigenvalue weighted by molar-refractivity contribution is 9.10. The predicted molar refractivity (Wildman–Crippen MR) is 112 cm³/mol. The summed E-state index contributed by atoms with van der Waals surface area (Å²) in [4.78, 5) is 13.9. The molecule has 2 aromatic rings. The summed E-state index contributed by atoms with van der Waals surface area (Å²) in [5.41, 5.74) is 0.824. The van der Waals surface area contributed by atoms with Crippen molar-refractivity contribution in [2.45, 2.75) is 0 Å². The zero-order chi connectivity index (χ0) is 20.0. The molecular weight excluding hydrogens is 444 g/mol. The zero-order valence-corrected chi connectivity index (χ0v) is 17.6. The van der Waals surface area contributed by atoms with Gasteiger partial charge >= 0.3 is 0 Å². The molecule has 28 heavy (non-hydrogen) atoms. The van der Waals surface area contributed by atoms with Crippen molar-refractivity contribution in [2.75, 3.05) is 32.8 Å². The molecule has 2 aromatic carbocycles. The highest BCUT2D eigenvalue weighted by atomic mass is 79.9. The smallest absolute Gasteiger partial charge is 0.260 e. The van der Waals surface area contributed by atoms with Crippen LogP contribution in [0, 0.1) is 0 Å². The maximum atomic E-state index is 12.5. The first-order chi connectivity index (χ1) is 13.4. The summed E-state index contributed by atoms with van der Waals surface area (Å²) in [7, 11) is -3.51. The average molecular weight is 465 g/mol. The van der Waals surface area contributed by atoms with Crippen LogP contribution in [0.5, 0.6) is 5.75 Å². The predicted octanol–water partition coefficient (Wildman–Crippen LogP) is 2.97. The van der Waals surface area contributed by atoms with E-state index < -0.39 is 10.0 Å². The SMILES string of the molecule is O=C(COc1ccc(Br)cc1)N1CCN(S(=O)(=O)/C=C/c2ccccc2)CC1. The summed E-state index contributed by atoms with van der Waals surface area (Å²) in [6.45, 7) is 1.17. The van der Waals surface area contributed by atoms with E-state index in [4.69, 9.17) is 4.74 Å². The van der Waals surface area contributed by atoms with E-state index in [-0.39, 0.29) is 25.6 Å². The maximum Gasteiger partial charge on any atom is 0.260 e. The van der Waals surface area contributed by atoms with Crippen molar-refractivity contribution in [1.29, 1.82) is 0 Å². The Labute approximate surface area is 173 Å². The Morgan fingerprint density at radius 1 is 1.00 bits per heavy atom. The third-order valence-electron chi connectivity index (χ3n) is 4.36. The molecule has 3 rings (SSSR count). The fourth-order valence-corrected chi connectivity index (χ4v) is 4.21. The molecule has 1 heterocycles. The lowest BCUT2D eigenvalue weighted by Crippen LogP contribution is -2.51. The third kappa shape index (κ3) is 5.67. The van der Waals surface area contributed by atoms with Crippen molar-refractivity contribution in [3.8, 4) is 5.75 Å². The summed E-state index contributed by atoms with van der Waals surface area (Å²) < 4.78 is 32.8. The van der Waals surface area contributed by atoms with Gasteiger partial charge in [0.05, 0.1) is 0 Å². The van der Waals surface area contributed by atoms with Gasteiger partial charge in [-0.1, -0.05) is 46.3 Å². The van der Waals surface area contributed by atoms with Crippen molar-refractivity contribution < 1.29 is 17.9 Å². The molecule has 0 radical (unpaired) electrons. The van der Waals surface area contributed by atoms with Crippen LogP contribution in [0.1, 0.15) is 5.56 Å². The highest BCUT2D eigenvalue weighted by Crippen LogP contribution is 2.16. The molecule has 1 saturated heterocycles. The Kier molecular flexibility index (Phi) is 6.88. The van der Waals surface area contributed by atoms with Crippen LogP contribution in [0.15, 0.2) is 64.5 Å². The number of carbonyl (C=O) groups excluding carboxylic acids is 1. The van der Waals surface area contributed by atoms with Crippen LogP contribution in [0.3, 0.4) is 0 Å². The van der Waals surface area contributed by atoms with Gasteiger partial charge in [0.2, 0.25) is 10.0 Å². The van der Waals surface area contributed by atoms with Crippen LogP contribution in [0.25, 0.3) is 6.08 Å². The van der Waals surface area contributed by atoms with Gasteiger partial charge in [0, 0.05) is 36.1 Å². The van der Waals surface area contributed by atoms with Gasteiger partial charge < -0.3 is 9.64 Å². The van der Waals surface area contributed by atoms with Gasteiger partial charge in [0.1, 0.15) is 5.75 Å². The molecule has 1 aliphatic rings. The Hall–Kier alpha value is -2.16. The molecular formula is C20H21BrN2O4S. The van der Waals surface area contributed by atoms with Gasteiger partial charge in [-0.05, 0) is 35.9 Å². The number of sulfonamides is 1. The number of hydrogen-bond acceptors (Lipinski definition) is 4. The van der Waals surface area contributed by atoms with E-state index in [2.05, 4.69) is 15.9 Å². The third-order valence-corrected chi connectivity index (χ3v) is 6.45. The average Bonchev–Trinajstić information content (AvgIpc) is 2.72. The standard InChI is InChI=1S/C20H21BrN2O4S/c21-18-6-8-19(9-7-18)27-16-20(24)22-11-13-23(14-12-22)28(25,26)15-10-17-4-2-1-3-5-17/h1-10,15H,11-14,16H2/b15-10+. The van der Waals surface area contributed by atoms with Crippen LogP contribution in [0.4, 0.5) is 0 Å². The van der Waals surface area contributed by atoms with Crippen molar-refractivity contribution >= 4 is 37.9 Å². The Morgan fingerprint density at radius 2 is 1.64 bits per heavy atom.